The maximum absolute atomic E-state index is 13.1. The lowest BCUT2D eigenvalue weighted by atomic mass is 10.2. The Bertz CT molecular complexity index is 1440. The van der Waals surface area contributed by atoms with Gasteiger partial charge in [-0.15, -0.1) is 0 Å². The van der Waals surface area contributed by atoms with Crippen LogP contribution in [0.3, 0.4) is 0 Å². The van der Waals surface area contributed by atoms with Crippen LogP contribution in [0, 0.1) is 6.92 Å². The van der Waals surface area contributed by atoms with Gasteiger partial charge >= 0.3 is 11.9 Å². The number of fused-ring (bicyclic) bond motifs is 1. The third-order valence-electron chi connectivity index (χ3n) is 5.02. The van der Waals surface area contributed by atoms with Crippen molar-refractivity contribution < 1.29 is 28.2 Å². The van der Waals surface area contributed by atoms with Gasteiger partial charge in [0.05, 0.1) is 23.1 Å². The van der Waals surface area contributed by atoms with Crippen LogP contribution in [0.5, 0.6) is 17.2 Å². The van der Waals surface area contributed by atoms with Crippen LogP contribution in [0.1, 0.15) is 39.8 Å². The van der Waals surface area contributed by atoms with E-state index in [2.05, 4.69) is 0 Å². The number of halogens is 1. The van der Waals surface area contributed by atoms with Crippen LogP contribution in [-0.2, 0) is 4.74 Å². The first kappa shape index (κ1) is 24.0. The van der Waals surface area contributed by atoms with E-state index in [4.69, 9.17) is 30.2 Å². The molecule has 0 amide bonds. The molecule has 0 atom stereocenters. The molecule has 0 aliphatic carbocycles. The Labute approximate surface area is 205 Å². The topological polar surface area (TPSA) is 92.0 Å². The lowest BCUT2D eigenvalue weighted by Gasteiger charge is -2.10. The summed E-state index contributed by atoms with van der Waals surface area (Å²) in [5, 5.41) is 0.768. The van der Waals surface area contributed by atoms with E-state index in [0.717, 1.165) is 6.42 Å². The number of aryl methyl sites for hydroxylation is 1. The normalized spacial score (nSPS) is 10.7. The molecule has 4 rings (SSSR count). The summed E-state index contributed by atoms with van der Waals surface area (Å²) in [7, 11) is 0. The Morgan fingerprint density at radius 2 is 1.51 bits per heavy atom. The summed E-state index contributed by atoms with van der Waals surface area (Å²) in [5.41, 5.74) is 0.579. The van der Waals surface area contributed by atoms with Crippen molar-refractivity contribution in [1.29, 1.82) is 0 Å². The molecule has 0 radical (unpaired) electrons. The third-order valence-corrected chi connectivity index (χ3v) is 5.28. The van der Waals surface area contributed by atoms with E-state index >= 15 is 0 Å². The average molecular weight is 493 g/mol. The highest BCUT2D eigenvalue weighted by Crippen LogP contribution is 2.28. The van der Waals surface area contributed by atoms with Gasteiger partial charge in [0.1, 0.15) is 22.8 Å². The fraction of sp³-hybridized carbons (Fsp3) is 0.148. The average Bonchev–Trinajstić information content (AvgIpc) is 2.85. The maximum Gasteiger partial charge on any atom is 0.343 e. The second-order valence-corrected chi connectivity index (χ2v) is 8.07. The van der Waals surface area contributed by atoms with Crippen molar-refractivity contribution in [3.8, 4) is 17.2 Å². The molecule has 0 saturated carbocycles. The summed E-state index contributed by atoms with van der Waals surface area (Å²) in [6.45, 7) is 3.85. The number of carbonyl (C=O) groups is 2. The minimum Gasteiger partial charge on any atom is -0.462 e. The molecule has 0 aliphatic rings. The highest BCUT2D eigenvalue weighted by molar-refractivity contribution is 6.30. The maximum atomic E-state index is 13.1. The summed E-state index contributed by atoms with van der Waals surface area (Å²) in [6.07, 6.45) is 0.732. The molecule has 0 spiro atoms. The van der Waals surface area contributed by atoms with E-state index in [9.17, 15) is 14.4 Å². The zero-order valence-corrected chi connectivity index (χ0v) is 19.8. The number of ether oxygens (including phenoxy) is 3. The Kier molecular flexibility index (Phi) is 7.17. The first-order chi connectivity index (χ1) is 16.9. The fourth-order valence-electron chi connectivity index (χ4n) is 3.26. The summed E-state index contributed by atoms with van der Waals surface area (Å²) >= 11 is 5.85. The van der Waals surface area contributed by atoms with Crippen molar-refractivity contribution >= 4 is 34.5 Å². The van der Waals surface area contributed by atoms with Gasteiger partial charge < -0.3 is 18.6 Å². The van der Waals surface area contributed by atoms with Crippen LogP contribution in [0.2, 0.25) is 5.02 Å². The molecule has 1 heterocycles. The summed E-state index contributed by atoms with van der Waals surface area (Å²) in [5.74, 6) is -0.145. The molecule has 0 N–H and O–H groups in total. The Morgan fingerprint density at radius 1 is 0.886 bits per heavy atom. The molecule has 35 heavy (non-hydrogen) atoms. The highest BCUT2D eigenvalue weighted by Gasteiger charge is 2.16. The molecule has 0 unspecified atom stereocenters. The number of benzene rings is 3. The second-order valence-electron chi connectivity index (χ2n) is 7.63. The van der Waals surface area contributed by atoms with E-state index in [-0.39, 0.29) is 33.7 Å². The van der Waals surface area contributed by atoms with E-state index in [1.807, 2.05) is 6.92 Å². The first-order valence-electron chi connectivity index (χ1n) is 10.9. The number of esters is 2. The van der Waals surface area contributed by atoms with Crippen molar-refractivity contribution in [2.24, 2.45) is 0 Å². The molecule has 178 valence electrons. The van der Waals surface area contributed by atoms with Gasteiger partial charge in [-0.2, -0.15) is 0 Å². The highest BCUT2D eigenvalue weighted by atomic mass is 35.5. The molecule has 4 aromatic rings. The quantitative estimate of drug-likeness (QED) is 0.220. The Morgan fingerprint density at radius 3 is 2.20 bits per heavy atom. The van der Waals surface area contributed by atoms with Crippen molar-refractivity contribution in [3.63, 3.8) is 0 Å². The van der Waals surface area contributed by atoms with Crippen LogP contribution in [0.25, 0.3) is 11.0 Å². The third kappa shape index (κ3) is 5.53. The number of hydrogen-bond acceptors (Lipinski definition) is 7. The number of carbonyl (C=O) groups excluding carboxylic acids is 2. The summed E-state index contributed by atoms with van der Waals surface area (Å²) in [6, 6.07) is 17.0. The second kappa shape index (κ2) is 10.4. The number of hydrogen-bond donors (Lipinski definition) is 0. The molecule has 0 fully saturated rings. The zero-order valence-electron chi connectivity index (χ0n) is 19.0. The Balaban J connectivity index is 1.54. The largest absolute Gasteiger partial charge is 0.462 e. The van der Waals surface area contributed by atoms with Gasteiger partial charge in [-0.05, 0) is 74.0 Å². The van der Waals surface area contributed by atoms with Crippen LogP contribution in [0.15, 0.2) is 75.9 Å². The SMILES string of the molecule is CCCOC(=O)c1ccc(Oc2c(C)oc3cc(OC(=O)c4ccc(Cl)cc4)ccc3c2=O)cc1. The van der Waals surface area contributed by atoms with Gasteiger partial charge in [-0.1, -0.05) is 18.5 Å². The molecule has 0 saturated heterocycles. The van der Waals surface area contributed by atoms with E-state index in [1.54, 1.807) is 55.5 Å². The fourth-order valence-corrected chi connectivity index (χ4v) is 3.38. The lowest BCUT2D eigenvalue weighted by Crippen LogP contribution is -2.10. The van der Waals surface area contributed by atoms with Crippen molar-refractivity contribution in [2.75, 3.05) is 6.61 Å². The van der Waals surface area contributed by atoms with Crippen LogP contribution in [0.4, 0.5) is 0 Å². The molecule has 0 bridgehead atoms. The molecule has 8 heteroatoms. The monoisotopic (exact) mass is 492 g/mol. The van der Waals surface area contributed by atoms with Gasteiger partial charge in [0.15, 0.2) is 0 Å². The number of rotatable bonds is 7. The summed E-state index contributed by atoms with van der Waals surface area (Å²) < 4.78 is 22.1. The molecule has 3 aromatic carbocycles. The van der Waals surface area contributed by atoms with E-state index in [1.165, 1.54) is 18.2 Å². The minimum atomic E-state index is -0.568. The van der Waals surface area contributed by atoms with E-state index in [0.29, 0.717) is 28.5 Å². The van der Waals surface area contributed by atoms with Crippen molar-refractivity contribution in [2.45, 2.75) is 20.3 Å². The van der Waals surface area contributed by atoms with Gasteiger partial charge in [-0.25, -0.2) is 9.59 Å². The zero-order chi connectivity index (χ0) is 24.9. The predicted octanol–water partition coefficient (Wildman–Crippen LogP) is 6.33. The van der Waals surface area contributed by atoms with Crippen LogP contribution in [-0.4, -0.2) is 18.5 Å². The van der Waals surface area contributed by atoms with Gasteiger partial charge in [0.2, 0.25) is 11.2 Å². The van der Waals surface area contributed by atoms with Gasteiger partial charge in [-0.3, -0.25) is 4.79 Å². The smallest absolute Gasteiger partial charge is 0.343 e. The minimum absolute atomic E-state index is 0.0183. The molecular weight excluding hydrogens is 472 g/mol. The molecule has 7 nitrogen and oxygen atoms in total. The summed E-state index contributed by atoms with van der Waals surface area (Å²) in [4.78, 5) is 37.4. The Hall–Kier alpha value is -4.10. The van der Waals surface area contributed by atoms with Gasteiger partial charge in [0.25, 0.3) is 0 Å². The standard InChI is InChI=1S/C27H21ClO7/c1-3-14-32-26(30)17-6-10-20(11-7-17)34-25-16(2)33-23-15-21(12-13-22(23)24(25)29)35-27(31)18-4-8-19(28)9-5-18/h4-13,15H,3,14H2,1-2H3. The molecule has 1 aromatic heterocycles. The lowest BCUT2D eigenvalue weighted by molar-refractivity contribution is 0.0504. The molecular formula is C27H21ClO7. The van der Waals surface area contributed by atoms with Crippen molar-refractivity contribution in [1.82, 2.24) is 0 Å². The van der Waals surface area contributed by atoms with E-state index < -0.39 is 11.9 Å². The van der Waals surface area contributed by atoms with Crippen LogP contribution >= 0.6 is 11.6 Å². The van der Waals surface area contributed by atoms with Crippen LogP contribution < -0.4 is 14.9 Å². The van der Waals surface area contributed by atoms with Crippen molar-refractivity contribution in [3.05, 3.63) is 98.9 Å². The first-order valence-corrected chi connectivity index (χ1v) is 11.2. The van der Waals surface area contributed by atoms with Gasteiger partial charge in [0, 0.05) is 11.1 Å². The predicted molar refractivity (Wildman–Crippen MR) is 131 cm³/mol. The molecule has 0 aliphatic heterocycles.